The summed E-state index contributed by atoms with van der Waals surface area (Å²) in [6, 6.07) is 9.42. The zero-order chi connectivity index (χ0) is 21.3. The number of piperidine rings is 1. The number of benzene rings is 2. The summed E-state index contributed by atoms with van der Waals surface area (Å²) in [6.45, 7) is 2.64. The molecule has 1 saturated heterocycles. The highest BCUT2D eigenvalue weighted by atomic mass is 35.5. The molecule has 0 spiro atoms. The number of rotatable bonds is 4. The molecular weight excluding hydrogens is 433 g/mol. The topological polar surface area (TPSA) is 71.5 Å². The zero-order valence-electron chi connectivity index (χ0n) is 16.1. The van der Waals surface area contributed by atoms with Crippen molar-refractivity contribution < 1.29 is 18.0 Å². The number of carbonyl (C=O) groups excluding carboxylic acids is 2. The van der Waals surface area contributed by atoms with Crippen molar-refractivity contribution in [2.75, 3.05) is 19.3 Å². The first-order chi connectivity index (χ1) is 13.6. The summed E-state index contributed by atoms with van der Waals surface area (Å²) in [7, 11) is -3.40. The minimum absolute atomic E-state index is 0.00841. The van der Waals surface area contributed by atoms with E-state index in [9.17, 15) is 18.0 Å². The van der Waals surface area contributed by atoms with Gasteiger partial charge in [-0.3, -0.25) is 9.59 Å². The van der Waals surface area contributed by atoms with Gasteiger partial charge in [0.25, 0.3) is 5.91 Å². The molecule has 1 aliphatic heterocycles. The first-order valence-electron chi connectivity index (χ1n) is 9.17. The van der Waals surface area contributed by atoms with E-state index >= 15 is 0 Å². The summed E-state index contributed by atoms with van der Waals surface area (Å²) in [5, 5.41) is 0.738. The van der Waals surface area contributed by atoms with Crippen LogP contribution in [-0.4, -0.2) is 44.4 Å². The predicted molar refractivity (Wildman–Crippen MR) is 114 cm³/mol. The molecule has 1 heterocycles. The smallest absolute Gasteiger partial charge is 0.254 e. The first-order valence-corrected chi connectivity index (χ1v) is 11.8. The Bertz CT molecular complexity index is 1070. The van der Waals surface area contributed by atoms with E-state index in [4.69, 9.17) is 23.2 Å². The lowest BCUT2D eigenvalue weighted by Crippen LogP contribution is -2.40. The molecule has 0 atom stereocenters. The molecule has 1 amide bonds. The van der Waals surface area contributed by atoms with Gasteiger partial charge in [0.05, 0.1) is 14.9 Å². The minimum Gasteiger partial charge on any atom is -0.339 e. The summed E-state index contributed by atoms with van der Waals surface area (Å²) in [4.78, 5) is 27.5. The van der Waals surface area contributed by atoms with E-state index in [1.165, 1.54) is 12.1 Å². The second-order valence-corrected chi connectivity index (χ2v) is 10.1. The Morgan fingerprint density at radius 2 is 1.66 bits per heavy atom. The fraction of sp³-hybridized carbons (Fsp3) is 0.333. The number of halogens is 2. The number of hydrogen-bond donors (Lipinski definition) is 0. The highest BCUT2D eigenvalue weighted by molar-refractivity contribution is 7.90. The van der Waals surface area contributed by atoms with Crippen molar-refractivity contribution in [3.05, 3.63) is 63.1 Å². The van der Waals surface area contributed by atoms with Crippen molar-refractivity contribution in [3.8, 4) is 0 Å². The summed E-state index contributed by atoms with van der Waals surface area (Å²) in [5.74, 6) is -0.418. The van der Waals surface area contributed by atoms with Crippen LogP contribution >= 0.6 is 23.2 Å². The van der Waals surface area contributed by atoms with Crippen LogP contribution in [0.4, 0.5) is 0 Å². The number of aryl methyl sites for hydroxylation is 1. The van der Waals surface area contributed by atoms with Gasteiger partial charge in [0, 0.05) is 36.4 Å². The lowest BCUT2D eigenvalue weighted by atomic mass is 9.88. The average molecular weight is 454 g/mol. The molecule has 154 valence electrons. The van der Waals surface area contributed by atoms with Crippen LogP contribution in [0.1, 0.15) is 39.1 Å². The normalized spacial score (nSPS) is 15.4. The Morgan fingerprint density at radius 1 is 1.00 bits per heavy atom. The molecule has 0 unspecified atom stereocenters. The SMILES string of the molecule is Cc1ccc(S(C)(=O)=O)cc1C(=O)N1CCC(C(=O)c2ccc(Cl)c(Cl)c2)CC1. The molecular formula is C21H21Cl2NO4S. The van der Waals surface area contributed by atoms with E-state index in [1.807, 2.05) is 0 Å². The van der Waals surface area contributed by atoms with E-state index in [0.717, 1.165) is 11.8 Å². The van der Waals surface area contributed by atoms with Crippen LogP contribution in [0, 0.1) is 12.8 Å². The number of ketones is 1. The van der Waals surface area contributed by atoms with Crippen LogP contribution in [0.3, 0.4) is 0 Å². The van der Waals surface area contributed by atoms with Crippen LogP contribution in [0.5, 0.6) is 0 Å². The fourth-order valence-corrected chi connectivity index (χ4v) is 4.41. The van der Waals surface area contributed by atoms with Crippen molar-refractivity contribution >= 4 is 44.7 Å². The third-order valence-electron chi connectivity index (χ3n) is 5.22. The van der Waals surface area contributed by atoms with Gasteiger partial charge in [0.2, 0.25) is 0 Å². The zero-order valence-corrected chi connectivity index (χ0v) is 18.4. The minimum atomic E-state index is -3.40. The second kappa shape index (κ2) is 8.46. The summed E-state index contributed by atoms with van der Waals surface area (Å²) in [6.07, 6.45) is 2.19. The lowest BCUT2D eigenvalue weighted by Gasteiger charge is -2.32. The molecule has 0 aromatic heterocycles. The summed E-state index contributed by atoms with van der Waals surface area (Å²) < 4.78 is 23.6. The third-order valence-corrected chi connectivity index (χ3v) is 7.07. The van der Waals surface area contributed by atoms with E-state index in [0.29, 0.717) is 47.1 Å². The van der Waals surface area contributed by atoms with Gasteiger partial charge in [-0.15, -0.1) is 0 Å². The Hall–Kier alpha value is -1.89. The molecule has 0 saturated carbocycles. The highest BCUT2D eigenvalue weighted by Gasteiger charge is 2.29. The Kier molecular flexibility index (Phi) is 6.36. The summed E-state index contributed by atoms with van der Waals surface area (Å²) >= 11 is 11.9. The molecule has 0 radical (unpaired) electrons. The molecule has 1 fully saturated rings. The number of carbonyl (C=O) groups is 2. The molecule has 5 nitrogen and oxygen atoms in total. The first kappa shape index (κ1) is 21.8. The van der Waals surface area contributed by atoms with Crippen LogP contribution in [0.15, 0.2) is 41.3 Å². The highest BCUT2D eigenvalue weighted by Crippen LogP contribution is 2.28. The number of nitrogens with zero attached hydrogens (tertiary/aromatic N) is 1. The lowest BCUT2D eigenvalue weighted by molar-refractivity contribution is 0.0649. The molecule has 0 aliphatic carbocycles. The number of Topliss-reactive ketones (excluding diaryl/α,β-unsaturated/α-hetero) is 1. The molecule has 2 aromatic rings. The van der Waals surface area contributed by atoms with Crippen LogP contribution in [0.25, 0.3) is 0 Å². The number of amides is 1. The fourth-order valence-electron chi connectivity index (χ4n) is 3.46. The van der Waals surface area contributed by atoms with Gasteiger partial charge in [-0.05, 0) is 55.7 Å². The van der Waals surface area contributed by atoms with Crippen molar-refractivity contribution in [2.24, 2.45) is 5.92 Å². The molecule has 2 aromatic carbocycles. The maximum absolute atomic E-state index is 12.9. The van der Waals surface area contributed by atoms with Crippen LogP contribution in [0.2, 0.25) is 10.0 Å². The van der Waals surface area contributed by atoms with Crippen molar-refractivity contribution in [3.63, 3.8) is 0 Å². The maximum atomic E-state index is 12.9. The number of hydrogen-bond acceptors (Lipinski definition) is 4. The second-order valence-electron chi connectivity index (χ2n) is 7.31. The van der Waals surface area contributed by atoms with E-state index in [-0.39, 0.29) is 22.5 Å². The molecule has 3 rings (SSSR count). The van der Waals surface area contributed by atoms with Gasteiger partial charge < -0.3 is 4.90 Å². The van der Waals surface area contributed by atoms with Gasteiger partial charge >= 0.3 is 0 Å². The van der Waals surface area contributed by atoms with Crippen molar-refractivity contribution in [1.29, 1.82) is 0 Å². The molecule has 29 heavy (non-hydrogen) atoms. The largest absolute Gasteiger partial charge is 0.339 e. The van der Waals surface area contributed by atoms with Gasteiger partial charge in [0.1, 0.15) is 0 Å². The predicted octanol–water partition coefficient (Wildman–Crippen LogP) is 4.44. The molecule has 0 bridgehead atoms. The van der Waals surface area contributed by atoms with Crippen LogP contribution < -0.4 is 0 Å². The van der Waals surface area contributed by atoms with Gasteiger partial charge in [-0.1, -0.05) is 29.3 Å². The number of likely N-dealkylation sites (tertiary alicyclic amines) is 1. The van der Waals surface area contributed by atoms with E-state index < -0.39 is 9.84 Å². The van der Waals surface area contributed by atoms with E-state index in [1.54, 1.807) is 36.1 Å². The Labute approximate surface area is 180 Å². The quantitative estimate of drug-likeness (QED) is 0.641. The Morgan fingerprint density at radius 3 is 2.24 bits per heavy atom. The standard InChI is InChI=1S/C21H21Cl2NO4S/c1-13-3-5-16(29(2,27)28)12-17(13)21(26)24-9-7-14(8-10-24)20(25)15-4-6-18(22)19(23)11-15/h3-6,11-12,14H,7-10H2,1-2H3. The van der Waals surface area contributed by atoms with Gasteiger partial charge in [-0.25, -0.2) is 8.42 Å². The van der Waals surface area contributed by atoms with Crippen LogP contribution in [-0.2, 0) is 9.84 Å². The van der Waals surface area contributed by atoms with Crippen molar-refractivity contribution in [1.82, 2.24) is 4.90 Å². The number of sulfone groups is 1. The summed E-state index contributed by atoms with van der Waals surface area (Å²) in [5.41, 5.74) is 1.61. The third kappa shape index (κ3) is 4.82. The average Bonchev–Trinajstić information content (AvgIpc) is 2.68. The Balaban J connectivity index is 1.71. The molecule has 1 aliphatic rings. The van der Waals surface area contributed by atoms with Gasteiger partial charge in [-0.2, -0.15) is 0 Å². The maximum Gasteiger partial charge on any atom is 0.254 e. The van der Waals surface area contributed by atoms with Gasteiger partial charge in [0.15, 0.2) is 15.6 Å². The molecule has 8 heteroatoms. The molecule has 0 N–H and O–H groups in total. The monoisotopic (exact) mass is 453 g/mol. The van der Waals surface area contributed by atoms with Crippen molar-refractivity contribution in [2.45, 2.75) is 24.7 Å². The van der Waals surface area contributed by atoms with E-state index in [2.05, 4.69) is 0 Å².